The van der Waals surface area contributed by atoms with Crippen LogP contribution in [-0.4, -0.2) is 48.8 Å². The minimum Gasteiger partial charge on any atom is -0.444 e. The molecular weight excluding hydrogens is 346 g/mol. The summed E-state index contributed by atoms with van der Waals surface area (Å²) in [5, 5.41) is 14.7. The van der Waals surface area contributed by atoms with Gasteiger partial charge in [0.05, 0.1) is 11.5 Å². The number of hydrogen-bond acceptors (Lipinski definition) is 6. The SMILES string of the molecule is CC(C)(C)OC(=O)NCCNC(=O)C1CCCN(c2ncccc2C#N)C1. The summed E-state index contributed by atoms with van der Waals surface area (Å²) >= 11 is 0. The first-order chi connectivity index (χ1) is 12.8. The number of nitrogens with zero attached hydrogens (tertiary/aromatic N) is 3. The average Bonchev–Trinajstić information content (AvgIpc) is 2.63. The summed E-state index contributed by atoms with van der Waals surface area (Å²) in [5.41, 5.74) is -0.0350. The zero-order valence-corrected chi connectivity index (χ0v) is 16.1. The maximum Gasteiger partial charge on any atom is 0.407 e. The van der Waals surface area contributed by atoms with Gasteiger partial charge >= 0.3 is 6.09 Å². The number of anilines is 1. The Bertz CT molecular complexity index is 708. The van der Waals surface area contributed by atoms with Crippen molar-refractivity contribution in [2.24, 2.45) is 5.92 Å². The van der Waals surface area contributed by atoms with Crippen molar-refractivity contribution in [2.45, 2.75) is 39.2 Å². The Labute approximate surface area is 159 Å². The van der Waals surface area contributed by atoms with Crippen LogP contribution in [0.15, 0.2) is 18.3 Å². The Morgan fingerprint density at radius 2 is 2.11 bits per heavy atom. The van der Waals surface area contributed by atoms with Gasteiger partial charge in [-0.15, -0.1) is 0 Å². The van der Waals surface area contributed by atoms with Gasteiger partial charge in [0.25, 0.3) is 0 Å². The lowest BCUT2D eigenvalue weighted by molar-refractivity contribution is -0.125. The van der Waals surface area contributed by atoms with Crippen LogP contribution in [0.4, 0.5) is 10.6 Å². The van der Waals surface area contributed by atoms with Gasteiger partial charge in [0.1, 0.15) is 17.5 Å². The molecule has 8 nitrogen and oxygen atoms in total. The van der Waals surface area contributed by atoms with E-state index in [1.807, 2.05) is 4.90 Å². The Morgan fingerprint density at radius 3 is 2.81 bits per heavy atom. The number of carbonyl (C=O) groups excluding carboxylic acids is 2. The third-order valence-corrected chi connectivity index (χ3v) is 4.09. The van der Waals surface area contributed by atoms with Crippen LogP contribution in [-0.2, 0) is 9.53 Å². The van der Waals surface area contributed by atoms with E-state index in [-0.39, 0.29) is 11.8 Å². The molecule has 2 amide bonds. The van der Waals surface area contributed by atoms with Gasteiger partial charge in [-0.1, -0.05) is 0 Å². The summed E-state index contributed by atoms with van der Waals surface area (Å²) in [5.74, 6) is 0.401. The summed E-state index contributed by atoms with van der Waals surface area (Å²) in [4.78, 5) is 30.3. The fraction of sp³-hybridized carbons (Fsp3) is 0.579. The number of nitriles is 1. The highest BCUT2D eigenvalue weighted by Crippen LogP contribution is 2.24. The van der Waals surface area contributed by atoms with Crippen molar-refractivity contribution in [3.63, 3.8) is 0 Å². The zero-order chi connectivity index (χ0) is 19.9. The second-order valence-electron chi connectivity index (χ2n) is 7.49. The Balaban J connectivity index is 1.80. The number of pyridine rings is 1. The molecule has 0 saturated carbocycles. The average molecular weight is 373 g/mol. The number of aromatic nitrogens is 1. The van der Waals surface area contributed by atoms with Crippen molar-refractivity contribution in [2.75, 3.05) is 31.1 Å². The second kappa shape index (κ2) is 9.21. The number of rotatable bonds is 5. The second-order valence-corrected chi connectivity index (χ2v) is 7.49. The number of piperidine rings is 1. The first kappa shape index (κ1) is 20.5. The minimum atomic E-state index is -0.549. The molecule has 0 bridgehead atoms. The van der Waals surface area contributed by atoms with Gasteiger partial charge in [-0.2, -0.15) is 5.26 Å². The number of alkyl carbamates (subject to hydrolysis) is 1. The van der Waals surface area contributed by atoms with Crippen molar-refractivity contribution in [1.29, 1.82) is 5.26 Å². The molecule has 146 valence electrons. The monoisotopic (exact) mass is 373 g/mol. The number of carbonyl (C=O) groups is 2. The lowest BCUT2D eigenvalue weighted by Crippen LogP contribution is -2.45. The normalized spacial score (nSPS) is 17.0. The standard InChI is InChI=1S/C19H27N5O3/c1-19(2,3)27-18(26)23-10-9-22-17(25)15-7-5-11-24(13-15)16-14(12-20)6-4-8-21-16/h4,6,8,15H,5,7,9-11,13H2,1-3H3,(H,22,25)(H,23,26). The van der Waals surface area contributed by atoms with E-state index in [4.69, 9.17) is 4.74 Å². The predicted molar refractivity (Wildman–Crippen MR) is 101 cm³/mol. The molecule has 1 aromatic heterocycles. The van der Waals surface area contributed by atoms with Gasteiger partial charge < -0.3 is 20.3 Å². The van der Waals surface area contributed by atoms with E-state index in [1.165, 1.54) is 0 Å². The molecule has 8 heteroatoms. The largest absolute Gasteiger partial charge is 0.444 e. The molecule has 27 heavy (non-hydrogen) atoms. The van der Waals surface area contributed by atoms with Gasteiger partial charge in [-0.25, -0.2) is 9.78 Å². The maximum atomic E-state index is 12.4. The Hall–Kier alpha value is -2.82. The van der Waals surface area contributed by atoms with Crippen LogP contribution in [0.1, 0.15) is 39.2 Å². The molecule has 0 radical (unpaired) electrons. The van der Waals surface area contributed by atoms with E-state index < -0.39 is 11.7 Å². The zero-order valence-electron chi connectivity index (χ0n) is 16.1. The van der Waals surface area contributed by atoms with Crippen molar-refractivity contribution >= 4 is 17.8 Å². The number of ether oxygens (including phenoxy) is 1. The summed E-state index contributed by atoms with van der Waals surface area (Å²) in [6.45, 7) is 7.32. The van der Waals surface area contributed by atoms with E-state index in [2.05, 4.69) is 21.7 Å². The predicted octanol–water partition coefficient (Wildman–Crippen LogP) is 1.81. The molecular formula is C19H27N5O3. The van der Waals surface area contributed by atoms with E-state index in [9.17, 15) is 14.9 Å². The molecule has 2 N–H and O–H groups in total. The van der Waals surface area contributed by atoms with Crippen molar-refractivity contribution in [3.8, 4) is 6.07 Å². The van der Waals surface area contributed by atoms with Gasteiger partial charge in [-0.3, -0.25) is 4.79 Å². The first-order valence-corrected chi connectivity index (χ1v) is 9.15. The highest BCUT2D eigenvalue weighted by molar-refractivity contribution is 5.79. The fourth-order valence-electron chi connectivity index (χ4n) is 2.93. The van der Waals surface area contributed by atoms with Crippen LogP contribution in [0.5, 0.6) is 0 Å². The van der Waals surface area contributed by atoms with Crippen LogP contribution in [0.2, 0.25) is 0 Å². The Morgan fingerprint density at radius 1 is 1.37 bits per heavy atom. The topological polar surface area (TPSA) is 107 Å². The Kier molecular flexibility index (Phi) is 6.99. The molecule has 1 aliphatic heterocycles. The number of hydrogen-bond donors (Lipinski definition) is 2. The minimum absolute atomic E-state index is 0.0554. The fourth-order valence-corrected chi connectivity index (χ4v) is 2.93. The summed E-state index contributed by atoms with van der Waals surface area (Å²) < 4.78 is 5.14. The van der Waals surface area contributed by atoms with Crippen LogP contribution in [0, 0.1) is 17.2 Å². The summed E-state index contributed by atoms with van der Waals surface area (Å²) in [7, 11) is 0. The van der Waals surface area contributed by atoms with Crippen LogP contribution < -0.4 is 15.5 Å². The molecule has 1 saturated heterocycles. The van der Waals surface area contributed by atoms with Crippen LogP contribution >= 0.6 is 0 Å². The van der Waals surface area contributed by atoms with Gasteiger partial charge in [0.15, 0.2) is 0 Å². The molecule has 0 spiro atoms. The molecule has 0 aliphatic carbocycles. The van der Waals surface area contributed by atoms with E-state index in [1.54, 1.807) is 39.1 Å². The smallest absolute Gasteiger partial charge is 0.407 e. The van der Waals surface area contributed by atoms with E-state index >= 15 is 0 Å². The first-order valence-electron chi connectivity index (χ1n) is 9.15. The van der Waals surface area contributed by atoms with Gasteiger partial charge in [0.2, 0.25) is 5.91 Å². The summed E-state index contributed by atoms with van der Waals surface area (Å²) in [6, 6.07) is 5.61. The third kappa shape index (κ3) is 6.44. The highest BCUT2D eigenvalue weighted by atomic mass is 16.6. The van der Waals surface area contributed by atoms with Crippen LogP contribution in [0.25, 0.3) is 0 Å². The molecule has 2 heterocycles. The van der Waals surface area contributed by atoms with E-state index in [0.29, 0.717) is 31.0 Å². The molecule has 1 aliphatic rings. The molecule has 1 unspecified atom stereocenters. The van der Waals surface area contributed by atoms with Gasteiger partial charge in [-0.05, 0) is 45.7 Å². The third-order valence-electron chi connectivity index (χ3n) is 4.09. The van der Waals surface area contributed by atoms with Crippen molar-refractivity contribution < 1.29 is 14.3 Å². The van der Waals surface area contributed by atoms with Crippen molar-refractivity contribution in [3.05, 3.63) is 23.9 Å². The lowest BCUT2D eigenvalue weighted by atomic mass is 9.97. The maximum absolute atomic E-state index is 12.4. The quantitative estimate of drug-likeness (QED) is 0.762. The molecule has 1 atom stereocenters. The van der Waals surface area contributed by atoms with Crippen LogP contribution in [0.3, 0.4) is 0 Å². The molecule has 1 aromatic rings. The lowest BCUT2D eigenvalue weighted by Gasteiger charge is -2.33. The number of nitrogens with one attached hydrogen (secondary N) is 2. The highest BCUT2D eigenvalue weighted by Gasteiger charge is 2.27. The summed E-state index contributed by atoms with van der Waals surface area (Å²) in [6.07, 6.45) is 2.80. The van der Waals surface area contributed by atoms with Gasteiger partial charge in [0, 0.05) is 32.4 Å². The molecule has 0 aromatic carbocycles. The van der Waals surface area contributed by atoms with Crippen molar-refractivity contribution in [1.82, 2.24) is 15.6 Å². The van der Waals surface area contributed by atoms with E-state index in [0.717, 1.165) is 19.4 Å². The molecule has 1 fully saturated rings. The number of amides is 2. The molecule has 2 rings (SSSR count).